The maximum Gasteiger partial charge on any atom is 0.337 e. The first kappa shape index (κ1) is 19.2. The number of carboxylic acids is 1. The molecule has 1 aliphatic heterocycles. The molecule has 0 unspecified atom stereocenters. The fraction of sp³-hybridized carbons (Fsp3) is 0.368. The van der Waals surface area contributed by atoms with Gasteiger partial charge in [-0.2, -0.15) is 0 Å². The molecule has 0 radical (unpaired) electrons. The van der Waals surface area contributed by atoms with Crippen LogP contribution in [0.15, 0.2) is 41.4 Å². The van der Waals surface area contributed by atoms with E-state index >= 15 is 0 Å². The molecule has 8 heteroatoms. The van der Waals surface area contributed by atoms with E-state index in [1.165, 1.54) is 12.3 Å². The van der Waals surface area contributed by atoms with Gasteiger partial charge in [-0.3, -0.25) is 4.72 Å². The lowest BCUT2D eigenvalue weighted by molar-refractivity contribution is 0.0696. The summed E-state index contributed by atoms with van der Waals surface area (Å²) in [5, 5.41) is 9.23. The molecule has 2 heterocycles. The van der Waals surface area contributed by atoms with Gasteiger partial charge in [0.15, 0.2) is 5.82 Å². The van der Waals surface area contributed by atoms with E-state index in [1.807, 2.05) is 18.7 Å². The summed E-state index contributed by atoms with van der Waals surface area (Å²) < 4.78 is 28.2. The highest BCUT2D eigenvalue weighted by molar-refractivity contribution is 7.92. The minimum atomic E-state index is -3.86. The lowest BCUT2D eigenvalue weighted by Crippen LogP contribution is -2.23. The zero-order chi connectivity index (χ0) is 19.6. The van der Waals surface area contributed by atoms with E-state index in [0.717, 1.165) is 31.5 Å². The number of sulfonamides is 1. The molecule has 2 N–H and O–H groups in total. The van der Waals surface area contributed by atoms with Crippen molar-refractivity contribution in [2.24, 2.45) is 0 Å². The maximum atomic E-state index is 12.8. The van der Waals surface area contributed by atoms with Crippen LogP contribution in [0.3, 0.4) is 0 Å². The molecule has 27 heavy (non-hydrogen) atoms. The Hall–Kier alpha value is -2.61. The first-order valence-electron chi connectivity index (χ1n) is 8.89. The van der Waals surface area contributed by atoms with Crippen LogP contribution < -0.4 is 9.62 Å². The molecule has 1 aliphatic rings. The number of aromatic carboxylic acids is 1. The molecular formula is C19H23N3O4S. The molecule has 0 amide bonds. The van der Waals surface area contributed by atoms with E-state index in [1.54, 1.807) is 24.3 Å². The Bertz CT molecular complexity index is 934. The minimum Gasteiger partial charge on any atom is -0.478 e. The third kappa shape index (κ3) is 4.21. The van der Waals surface area contributed by atoms with Gasteiger partial charge in [-0.05, 0) is 42.5 Å². The summed E-state index contributed by atoms with van der Waals surface area (Å²) in [6.07, 6.45) is 3.24. The Morgan fingerprint density at radius 3 is 2.37 bits per heavy atom. The van der Waals surface area contributed by atoms with Gasteiger partial charge in [0.1, 0.15) is 0 Å². The molecular weight excluding hydrogens is 366 g/mol. The van der Waals surface area contributed by atoms with Crippen LogP contribution in [0.25, 0.3) is 0 Å². The number of pyridine rings is 1. The largest absolute Gasteiger partial charge is 0.478 e. The number of hydrogen-bond acceptors (Lipinski definition) is 5. The number of nitrogens with one attached hydrogen (secondary N) is 1. The Kier molecular flexibility index (Phi) is 5.36. The zero-order valence-electron chi connectivity index (χ0n) is 15.3. The zero-order valence-corrected chi connectivity index (χ0v) is 16.2. The number of aromatic nitrogens is 1. The van der Waals surface area contributed by atoms with Crippen LogP contribution in [0.1, 0.15) is 48.5 Å². The molecule has 1 aromatic heterocycles. The van der Waals surface area contributed by atoms with Crippen molar-refractivity contribution in [2.75, 3.05) is 22.7 Å². The summed E-state index contributed by atoms with van der Waals surface area (Å²) in [5.74, 6) is -0.398. The fourth-order valence-electron chi connectivity index (χ4n) is 3.07. The van der Waals surface area contributed by atoms with E-state index in [-0.39, 0.29) is 16.1 Å². The van der Waals surface area contributed by atoms with Crippen molar-refractivity contribution >= 4 is 27.5 Å². The summed E-state index contributed by atoms with van der Waals surface area (Å²) in [6.45, 7) is 5.59. The van der Waals surface area contributed by atoms with Gasteiger partial charge >= 0.3 is 5.97 Å². The van der Waals surface area contributed by atoms with Crippen LogP contribution in [0.4, 0.5) is 11.5 Å². The number of rotatable bonds is 6. The van der Waals surface area contributed by atoms with Gasteiger partial charge in [-0.15, -0.1) is 0 Å². The summed E-state index contributed by atoms with van der Waals surface area (Å²) in [4.78, 5) is 17.6. The molecule has 1 saturated heterocycles. The molecule has 1 aromatic carbocycles. The Labute approximate surface area is 159 Å². The highest BCUT2D eigenvalue weighted by atomic mass is 32.2. The highest BCUT2D eigenvalue weighted by Gasteiger charge is 2.23. The Morgan fingerprint density at radius 2 is 1.81 bits per heavy atom. The Morgan fingerprint density at radius 1 is 1.19 bits per heavy atom. The van der Waals surface area contributed by atoms with E-state index in [0.29, 0.717) is 11.7 Å². The molecule has 0 bridgehead atoms. The second-order valence-corrected chi connectivity index (χ2v) is 8.61. The van der Waals surface area contributed by atoms with Crippen molar-refractivity contribution in [2.45, 2.75) is 37.5 Å². The van der Waals surface area contributed by atoms with Gasteiger partial charge in [0.2, 0.25) is 0 Å². The third-order valence-electron chi connectivity index (χ3n) is 4.62. The van der Waals surface area contributed by atoms with Crippen molar-refractivity contribution in [1.82, 2.24) is 4.98 Å². The lowest BCUT2D eigenvalue weighted by Gasteiger charge is -2.21. The molecule has 0 atom stereocenters. The summed E-state index contributed by atoms with van der Waals surface area (Å²) in [7, 11) is -3.86. The number of nitrogens with zero attached hydrogens (tertiary/aromatic N) is 2. The SMILES string of the molecule is CC(C)c1ccc(S(=O)(=O)Nc2cc(C(=O)O)cnc2N2CCCC2)cc1. The first-order valence-corrected chi connectivity index (χ1v) is 10.4. The van der Waals surface area contributed by atoms with Crippen LogP contribution in [0.2, 0.25) is 0 Å². The van der Waals surface area contributed by atoms with Gasteiger partial charge < -0.3 is 10.0 Å². The topological polar surface area (TPSA) is 99.6 Å². The standard InChI is InChI=1S/C19H23N3O4S/c1-13(2)14-5-7-16(8-6-14)27(25,26)21-17-11-15(19(23)24)12-20-18(17)22-9-3-4-10-22/h5-8,11-13,21H,3-4,9-10H2,1-2H3,(H,23,24). The van der Waals surface area contributed by atoms with Crippen molar-refractivity contribution in [1.29, 1.82) is 0 Å². The van der Waals surface area contributed by atoms with E-state index in [2.05, 4.69) is 9.71 Å². The number of hydrogen-bond donors (Lipinski definition) is 2. The monoisotopic (exact) mass is 389 g/mol. The second-order valence-electron chi connectivity index (χ2n) is 6.92. The molecule has 1 fully saturated rings. The van der Waals surface area contributed by atoms with E-state index in [4.69, 9.17) is 0 Å². The van der Waals surface area contributed by atoms with Gasteiger partial charge in [0.05, 0.1) is 16.1 Å². The quantitative estimate of drug-likeness (QED) is 0.786. The summed E-state index contributed by atoms with van der Waals surface area (Å²) >= 11 is 0. The number of benzene rings is 1. The Balaban J connectivity index is 1.96. The molecule has 0 aliphatic carbocycles. The maximum absolute atomic E-state index is 12.8. The minimum absolute atomic E-state index is 0.0641. The van der Waals surface area contributed by atoms with Gasteiger partial charge in [0, 0.05) is 19.3 Å². The molecule has 144 valence electrons. The van der Waals surface area contributed by atoms with Gasteiger partial charge in [-0.25, -0.2) is 18.2 Å². The van der Waals surface area contributed by atoms with Crippen LogP contribution in [-0.4, -0.2) is 37.6 Å². The van der Waals surface area contributed by atoms with Gasteiger partial charge in [0.25, 0.3) is 10.0 Å². The second kappa shape index (κ2) is 7.56. The van der Waals surface area contributed by atoms with E-state index < -0.39 is 16.0 Å². The highest BCUT2D eigenvalue weighted by Crippen LogP contribution is 2.30. The average Bonchev–Trinajstić information content (AvgIpc) is 3.15. The van der Waals surface area contributed by atoms with Crippen LogP contribution >= 0.6 is 0 Å². The summed E-state index contributed by atoms with van der Waals surface area (Å²) in [6, 6.07) is 8.01. The normalized spacial score (nSPS) is 14.6. The van der Waals surface area contributed by atoms with Crippen LogP contribution in [0, 0.1) is 0 Å². The van der Waals surface area contributed by atoms with Crippen molar-refractivity contribution in [3.63, 3.8) is 0 Å². The van der Waals surface area contributed by atoms with Crippen LogP contribution in [-0.2, 0) is 10.0 Å². The van der Waals surface area contributed by atoms with Crippen LogP contribution in [0.5, 0.6) is 0 Å². The smallest absolute Gasteiger partial charge is 0.337 e. The third-order valence-corrected chi connectivity index (χ3v) is 6.00. The molecule has 2 aromatic rings. The fourth-order valence-corrected chi connectivity index (χ4v) is 4.12. The molecule has 7 nitrogen and oxygen atoms in total. The lowest BCUT2D eigenvalue weighted by atomic mass is 10.0. The molecule has 0 saturated carbocycles. The van der Waals surface area contributed by atoms with Crippen molar-refractivity contribution in [3.05, 3.63) is 47.7 Å². The molecule has 0 spiro atoms. The average molecular weight is 389 g/mol. The van der Waals surface area contributed by atoms with Crippen molar-refractivity contribution in [3.8, 4) is 0 Å². The predicted octanol–water partition coefficient (Wildman–Crippen LogP) is 3.30. The first-order chi connectivity index (χ1) is 12.8. The van der Waals surface area contributed by atoms with Gasteiger partial charge in [-0.1, -0.05) is 26.0 Å². The number of anilines is 2. The predicted molar refractivity (Wildman–Crippen MR) is 104 cm³/mol. The van der Waals surface area contributed by atoms with Crippen molar-refractivity contribution < 1.29 is 18.3 Å². The molecule has 3 rings (SSSR count). The number of carbonyl (C=O) groups is 1. The number of carboxylic acid groups (broad SMARTS) is 1. The van der Waals surface area contributed by atoms with E-state index in [9.17, 15) is 18.3 Å². The summed E-state index contributed by atoms with van der Waals surface area (Å²) in [5.41, 5.74) is 1.16.